The SMILES string of the molecule is c1ccc([C@H]2O[C@@H](c3ccccc3)[C@H](c3ccccc3)O[C@H]2c2ccccc2)cc1. The molecule has 0 spiro atoms. The van der Waals surface area contributed by atoms with Crippen molar-refractivity contribution in [1.29, 1.82) is 0 Å². The summed E-state index contributed by atoms with van der Waals surface area (Å²) >= 11 is 0. The molecular formula is C28H24O2. The smallest absolute Gasteiger partial charge is 0.114 e. The van der Waals surface area contributed by atoms with Crippen molar-refractivity contribution in [3.63, 3.8) is 0 Å². The van der Waals surface area contributed by atoms with Gasteiger partial charge in [-0.25, -0.2) is 0 Å². The Hall–Kier alpha value is -3.20. The molecule has 4 atom stereocenters. The molecule has 0 radical (unpaired) electrons. The van der Waals surface area contributed by atoms with Crippen molar-refractivity contribution >= 4 is 0 Å². The Balaban J connectivity index is 1.61. The first-order chi connectivity index (χ1) is 14.9. The monoisotopic (exact) mass is 392 g/mol. The van der Waals surface area contributed by atoms with Crippen LogP contribution in [0.15, 0.2) is 121 Å². The zero-order chi connectivity index (χ0) is 20.2. The third-order valence-electron chi connectivity index (χ3n) is 5.65. The molecule has 1 saturated heterocycles. The summed E-state index contributed by atoms with van der Waals surface area (Å²) in [6.45, 7) is 0. The van der Waals surface area contributed by atoms with Crippen molar-refractivity contribution in [2.75, 3.05) is 0 Å². The lowest BCUT2D eigenvalue weighted by Gasteiger charge is -2.43. The number of rotatable bonds is 4. The summed E-state index contributed by atoms with van der Waals surface area (Å²) in [4.78, 5) is 0. The van der Waals surface area contributed by atoms with Gasteiger partial charge in [0, 0.05) is 0 Å². The van der Waals surface area contributed by atoms with E-state index in [2.05, 4.69) is 97.1 Å². The van der Waals surface area contributed by atoms with Crippen LogP contribution in [-0.2, 0) is 9.47 Å². The van der Waals surface area contributed by atoms with E-state index in [-0.39, 0.29) is 24.4 Å². The first-order valence-corrected chi connectivity index (χ1v) is 10.4. The average Bonchev–Trinajstić information content (AvgIpc) is 2.85. The van der Waals surface area contributed by atoms with E-state index in [0.717, 1.165) is 22.3 Å². The maximum Gasteiger partial charge on any atom is 0.114 e. The topological polar surface area (TPSA) is 18.5 Å². The fraction of sp³-hybridized carbons (Fsp3) is 0.143. The van der Waals surface area contributed by atoms with Crippen LogP contribution in [0.25, 0.3) is 0 Å². The third-order valence-corrected chi connectivity index (χ3v) is 5.65. The molecule has 0 aromatic heterocycles. The summed E-state index contributed by atoms with van der Waals surface area (Å²) in [5.41, 5.74) is 4.50. The fourth-order valence-electron chi connectivity index (χ4n) is 4.19. The van der Waals surface area contributed by atoms with Crippen molar-refractivity contribution in [3.8, 4) is 0 Å². The Kier molecular flexibility index (Phi) is 5.43. The first kappa shape index (κ1) is 18.8. The highest BCUT2D eigenvalue weighted by Crippen LogP contribution is 2.51. The van der Waals surface area contributed by atoms with Crippen LogP contribution in [-0.4, -0.2) is 0 Å². The maximum atomic E-state index is 6.87. The number of hydrogen-bond acceptors (Lipinski definition) is 2. The molecule has 4 aromatic carbocycles. The van der Waals surface area contributed by atoms with Crippen LogP contribution in [0.3, 0.4) is 0 Å². The maximum absolute atomic E-state index is 6.87. The van der Waals surface area contributed by atoms with Gasteiger partial charge in [0.15, 0.2) is 0 Å². The summed E-state index contributed by atoms with van der Waals surface area (Å²) in [5.74, 6) is 0. The van der Waals surface area contributed by atoms with Crippen LogP contribution in [0.4, 0.5) is 0 Å². The lowest BCUT2D eigenvalue weighted by Crippen LogP contribution is -2.32. The van der Waals surface area contributed by atoms with Crippen molar-refractivity contribution in [2.45, 2.75) is 24.4 Å². The Labute approximate surface area is 177 Å². The van der Waals surface area contributed by atoms with E-state index in [4.69, 9.17) is 9.47 Å². The molecular weight excluding hydrogens is 368 g/mol. The molecule has 1 aliphatic heterocycles. The lowest BCUT2D eigenvalue weighted by molar-refractivity contribution is -0.232. The van der Waals surface area contributed by atoms with Gasteiger partial charge in [-0.05, 0) is 22.3 Å². The lowest BCUT2D eigenvalue weighted by atomic mass is 9.91. The van der Waals surface area contributed by atoms with Crippen molar-refractivity contribution in [2.24, 2.45) is 0 Å². The van der Waals surface area contributed by atoms with E-state index in [1.807, 2.05) is 24.3 Å². The second-order valence-corrected chi connectivity index (χ2v) is 7.60. The summed E-state index contributed by atoms with van der Waals surface area (Å²) in [6, 6.07) is 41.6. The number of benzene rings is 4. The molecule has 1 aliphatic rings. The van der Waals surface area contributed by atoms with Crippen LogP contribution >= 0.6 is 0 Å². The van der Waals surface area contributed by atoms with Gasteiger partial charge in [0.05, 0.1) is 0 Å². The second kappa shape index (κ2) is 8.66. The molecule has 2 nitrogen and oxygen atoms in total. The third kappa shape index (κ3) is 3.80. The van der Waals surface area contributed by atoms with Crippen LogP contribution in [0.5, 0.6) is 0 Å². The Morgan fingerprint density at radius 2 is 0.500 bits per heavy atom. The summed E-state index contributed by atoms with van der Waals surface area (Å²) in [5, 5.41) is 0. The quantitative estimate of drug-likeness (QED) is 0.372. The molecule has 0 unspecified atom stereocenters. The van der Waals surface area contributed by atoms with E-state index >= 15 is 0 Å². The van der Waals surface area contributed by atoms with Gasteiger partial charge in [0.25, 0.3) is 0 Å². The molecule has 0 aliphatic carbocycles. The largest absolute Gasteiger partial charge is 0.359 e. The second-order valence-electron chi connectivity index (χ2n) is 7.60. The molecule has 0 amide bonds. The fourth-order valence-corrected chi connectivity index (χ4v) is 4.19. The molecule has 148 valence electrons. The van der Waals surface area contributed by atoms with Crippen LogP contribution < -0.4 is 0 Å². The van der Waals surface area contributed by atoms with Crippen molar-refractivity contribution in [1.82, 2.24) is 0 Å². The van der Waals surface area contributed by atoms with E-state index < -0.39 is 0 Å². The first-order valence-electron chi connectivity index (χ1n) is 10.4. The number of hydrogen-bond donors (Lipinski definition) is 0. The minimum atomic E-state index is -0.196. The predicted octanol–water partition coefficient (Wildman–Crippen LogP) is 7.00. The highest BCUT2D eigenvalue weighted by atomic mass is 16.6. The van der Waals surface area contributed by atoms with Gasteiger partial charge in [-0.1, -0.05) is 121 Å². The molecule has 30 heavy (non-hydrogen) atoms. The van der Waals surface area contributed by atoms with Crippen LogP contribution in [0.2, 0.25) is 0 Å². The molecule has 4 aromatic rings. The molecule has 1 fully saturated rings. The summed E-state index contributed by atoms with van der Waals surface area (Å²) < 4.78 is 13.7. The molecule has 2 heteroatoms. The van der Waals surface area contributed by atoms with Gasteiger partial charge in [-0.2, -0.15) is 0 Å². The van der Waals surface area contributed by atoms with E-state index in [0.29, 0.717) is 0 Å². The average molecular weight is 392 g/mol. The molecule has 5 rings (SSSR count). The highest BCUT2D eigenvalue weighted by Gasteiger charge is 2.41. The standard InChI is InChI=1S/C28H24O2/c1-5-13-21(14-6-1)25-26(22-15-7-2-8-16-22)30-28(24-19-11-4-12-20-24)27(29-25)23-17-9-3-10-18-23/h1-20,25-28H/t25-,26-,27-,28+/m0/s1. The zero-order valence-corrected chi connectivity index (χ0v) is 16.7. The van der Waals surface area contributed by atoms with Gasteiger partial charge in [0.2, 0.25) is 0 Å². The van der Waals surface area contributed by atoms with Gasteiger partial charge in [-0.15, -0.1) is 0 Å². The van der Waals surface area contributed by atoms with E-state index in [9.17, 15) is 0 Å². The highest BCUT2D eigenvalue weighted by molar-refractivity contribution is 5.30. The van der Waals surface area contributed by atoms with Gasteiger partial charge >= 0.3 is 0 Å². The van der Waals surface area contributed by atoms with Crippen molar-refractivity contribution in [3.05, 3.63) is 144 Å². The van der Waals surface area contributed by atoms with E-state index in [1.165, 1.54) is 0 Å². The zero-order valence-electron chi connectivity index (χ0n) is 16.7. The number of ether oxygens (including phenoxy) is 2. The van der Waals surface area contributed by atoms with Crippen LogP contribution in [0.1, 0.15) is 46.7 Å². The molecule has 1 heterocycles. The minimum Gasteiger partial charge on any atom is -0.359 e. The minimum absolute atomic E-state index is 0.196. The summed E-state index contributed by atoms with van der Waals surface area (Å²) in [6.07, 6.45) is -0.782. The Morgan fingerprint density at radius 1 is 0.300 bits per heavy atom. The molecule has 0 saturated carbocycles. The normalized spacial score (nSPS) is 23.7. The van der Waals surface area contributed by atoms with Gasteiger partial charge < -0.3 is 9.47 Å². The summed E-state index contributed by atoms with van der Waals surface area (Å²) in [7, 11) is 0. The predicted molar refractivity (Wildman–Crippen MR) is 119 cm³/mol. The van der Waals surface area contributed by atoms with E-state index in [1.54, 1.807) is 0 Å². The van der Waals surface area contributed by atoms with Crippen molar-refractivity contribution < 1.29 is 9.47 Å². The van der Waals surface area contributed by atoms with Gasteiger partial charge in [-0.3, -0.25) is 0 Å². The Bertz CT molecular complexity index is 873. The molecule has 0 bridgehead atoms. The van der Waals surface area contributed by atoms with Gasteiger partial charge in [0.1, 0.15) is 24.4 Å². The van der Waals surface area contributed by atoms with Crippen LogP contribution in [0, 0.1) is 0 Å². The Morgan fingerprint density at radius 3 is 0.700 bits per heavy atom. The molecule has 0 N–H and O–H groups in total.